The van der Waals surface area contributed by atoms with Crippen molar-refractivity contribution in [2.45, 2.75) is 0 Å². The fourth-order valence-corrected chi connectivity index (χ4v) is 2.33. The van der Waals surface area contributed by atoms with Crippen molar-refractivity contribution < 1.29 is 9.53 Å². The second kappa shape index (κ2) is 4.35. The van der Waals surface area contributed by atoms with Crippen LogP contribution in [0, 0.1) is 0 Å². The molecule has 4 nitrogen and oxygen atoms in total. The van der Waals surface area contributed by atoms with Crippen LogP contribution in [-0.4, -0.2) is 23.0 Å². The third-order valence-electron chi connectivity index (χ3n) is 2.06. The van der Waals surface area contributed by atoms with Crippen LogP contribution in [0.5, 0.6) is 0 Å². The number of nitrogens with zero attached hydrogens (tertiary/aromatic N) is 2. The maximum absolute atomic E-state index is 11.4. The highest BCUT2D eigenvalue weighted by atomic mass is 79.9. The Balaban J connectivity index is 2.73. The van der Waals surface area contributed by atoms with Gasteiger partial charge in [-0.1, -0.05) is 11.6 Å². The van der Waals surface area contributed by atoms with E-state index in [0.717, 1.165) is 0 Å². The number of halogens is 2. The second-order valence-electron chi connectivity index (χ2n) is 3.01. The second-order valence-corrected chi connectivity index (χ2v) is 4.22. The minimum Gasteiger partial charge on any atom is -0.465 e. The standard InChI is InChI=1S/C10H6BrClN2O2/c1-16-10(15)5-2-6(11)8-7(3-5)13-4-14-9(8)12/h2-4H,1H3. The minimum absolute atomic E-state index is 0.341. The first kappa shape index (κ1) is 11.3. The molecule has 1 heterocycles. The van der Waals surface area contributed by atoms with E-state index in [1.165, 1.54) is 13.4 Å². The quantitative estimate of drug-likeness (QED) is 0.600. The molecule has 2 rings (SSSR count). The lowest BCUT2D eigenvalue weighted by Gasteiger charge is -2.04. The van der Waals surface area contributed by atoms with Crippen molar-refractivity contribution in [3.05, 3.63) is 33.6 Å². The van der Waals surface area contributed by atoms with E-state index in [-0.39, 0.29) is 0 Å². The zero-order chi connectivity index (χ0) is 11.7. The van der Waals surface area contributed by atoms with Gasteiger partial charge in [-0.25, -0.2) is 14.8 Å². The lowest BCUT2D eigenvalue weighted by atomic mass is 10.1. The number of benzene rings is 1. The molecule has 0 aliphatic heterocycles. The average Bonchev–Trinajstić information content (AvgIpc) is 2.27. The summed E-state index contributed by atoms with van der Waals surface area (Å²) in [5.41, 5.74) is 1.01. The van der Waals surface area contributed by atoms with Gasteiger partial charge in [-0.05, 0) is 28.1 Å². The number of fused-ring (bicyclic) bond motifs is 1. The highest BCUT2D eigenvalue weighted by Crippen LogP contribution is 2.29. The van der Waals surface area contributed by atoms with Crippen LogP contribution in [-0.2, 0) is 4.74 Å². The summed E-state index contributed by atoms with van der Waals surface area (Å²) in [5.74, 6) is -0.419. The SMILES string of the molecule is COC(=O)c1cc(Br)c2c(Cl)ncnc2c1. The van der Waals surface area contributed by atoms with Crippen molar-refractivity contribution in [3.63, 3.8) is 0 Å². The molecule has 0 bridgehead atoms. The Labute approximate surface area is 105 Å². The van der Waals surface area contributed by atoms with Crippen LogP contribution in [0.3, 0.4) is 0 Å². The molecule has 1 aromatic carbocycles. The van der Waals surface area contributed by atoms with E-state index in [4.69, 9.17) is 11.6 Å². The van der Waals surface area contributed by atoms with Crippen molar-refractivity contribution in [2.75, 3.05) is 7.11 Å². The number of methoxy groups -OCH3 is 1. The average molecular weight is 302 g/mol. The van der Waals surface area contributed by atoms with Crippen LogP contribution in [0.2, 0.25) is 5.15 Å². The van der Waals surface area contributed by atoms with E-state index >= 15 is 0 Å². The number of esters is 1. The van der Waals surface area contributed by atoms with Gasteiger partial charge in [-0.15, -0.1) is 0 Å². The van der Waals surface area contributed by atoms with Gasteiger partial charge < -0.3 is 4.74 Å². The summed E-state index contributed by atoms with van der Waals surface area (Å²) < 4.78 is 5.30. The summed E-state index contributed by atoms with van der Waals surface area (Å²) in [5, 5.41) is 1.02. The molecule has 2 aromatic rings. The number of ether oxygens (including phenoxy) is 1. The van der Waals surface area contributed by atoms with Gasteiger partial charge in [0.25, 0.3) is 0 Å². The number of aromatic nitrogens is 2. The molecular formula is C10H6BrClN2O2. The van der Waals surface area contributed by atoms with E-state index in [9.17, 15) is 4.79 Å². The van der Waals surface area contributed by atoms with Crippen LogP contribution >= 0.6 is 27.5 Å². The van der Waals surface area contributed by atoms with Crippen LogP contribution in [0.1, 0.15) is 10.4 Å². The lowest BCUT2D eigenvalue weighted by Crippen LogP contribution is -2.01. The van der Waals surface area contributed by atoms with Crippen molar-refractivity contribution in [1.82, 2.24) is 9.97 Å². The fourth-order valence-electron chi connectivity index (χ4n) is 1.34. The lowest BCUT2D eigenvalue weighted by molar-refractivity contribution is 0.0601. The Morgan fingerprint density at radius 3 is 2.88 bits per heavy atom. The first-order valence-corrected chi connectivity index (χ1v) is 5.48. The van der Waals surface area contributed by atoms with Gasteiger partial charge >= 0.3 is 5.97 Å². The summed E-state index contributed by atoms with van der Waals surface area (Å²) >= 11 is 9.25. The van der Waals surface area contributed by atoms with Gasteiger partial charge in [0.05, 0.1) is 23.6 Å². The normalized spacial score (nSPS) is 10.4. The number of carbonyl (C=O) groups excluding carboxylic acids is 1. The zero-order valence-corrected chi connectivity index (χ0v) is 10.5. The van der Waals surface area contributed by atoms with Gasteiger partial charge in [0.1, 0.15) is 11.5 Å². The Morgan fingerprint density at radius 1 is 1.44 bits per heavy atom. The summed E-state index contributed by atoms with van der Waals surface area (Å²) in [7, 11) is 1.33. The largest absolute Gasteiger partial charge is 0.465 e. The molecule has 16 heavy (non-hydrogen) atoms. The van der Waals surface area contributed by atoms with Crippen molar-refractivity contribution >= 4 is 44.4 Å². The smallest absolute Gasteiger partial charge is 0.337 e. The predicted octanol–water partition coefficient (Wildman–Crippen LogP) is 2.83. The van der Waals surface area contributed by atoms with Gasteiger partial charge in [0, 0.05) is 4.47 Å². The van der Waals surface area contributed by atoms with Crippen LogP contribution in [0.4, 0.5) is 0 Å². The molecule has 0 aliphatic carbocycles. The topological polar surface area (TPSA) is 52.1 Å². The summed E-state index contributed by atoms with van der Waals surface area (Å²) in [6.45, 7) is 0. The molecule has 0 N–H and O–H groups in total. The monoisotopic (exact) mass is 300 g/mol. The number of hydrogen-bond donors (Lipinski definition) is 0. The molecule has 0 fully saturated rings. The fraction of sp³-hybridized carbons (Fsp3) is 0.100. The molecule has 0 saturated heterocycles. The maximum Gasteiger partial charge on any atom is 0.337 e. The minimum atomic E-state index is -0.419. The maximum atomic E-state index is 11.4. The Hall–Kier alpha value is -1.20. The Morgan fingerprint density at radius 2 is 2.19 bits per heavy atom. The third-order valence-corrected chi connectivity index (χ3v) is 2.98. The Kier molecular flexibility index (Phi) is 3.07. The highest BCUT2D eigenvalue weighted by Gasteiger charge is 2.12. The van der Waals surface area contributed by atoms with Gasteiger partial charge in [-0.2, -0.15) is 0 Å². The molecular weight excluding hydrogens is 295 g/mol. The summed E-state index contributed by atoms with van der Waals surface area (Å²) in [6, 6.07) is 3.24. The molecule has 0 aliphatic rings. The first-order chi connectivity index (χ1) is 7.63. The van der Waals surface area contributed by atoms with Gasteiger partial charge in [-0.3, -0.25) is 0 Å². The third kappa shape index (κ3) is 1.88. The molecule has 0 spiro atoms. The van der Waals surface area contributed by atoms with Gasteiger partial charge in [0.2, 0.25) is 0 Å². The van der Waals surface area contributed by atoms with Crippen LogP contribution in [0.25, 0.3) is 10.9 Å². The van der Waals surface area contributed by atoms with E-state index in [2.05, 4.69) is 30.6 Å². The molecule has 82 valence electrons. The van der Waals surface area contributed by atoms with E-state index in [1.54, 1.807) is 12.1 Å². The summed E-state index contributed by atoms with van der Waals surface area (Å²) in [4.78, 5) is 19.3. The molecule has 6 heteroatoms. The molecule has 0 unspecified atom stereocenters. The Bertz CT molecular complexity index is 574. The predicted molar refractivity (Wildman–Crippen MR) is 63.6 cm³/mol. The van der Waals surface area contributed by atoms with Crippen molar-refractivity contribution in [2.24, 2.45) is 0 Å². The van der Waals surface area contributed by atoms with Gasteiger partial charge in [0.15, 0.2) is 0 Å². The first-order valence-electron chi connectivity index (χ1n) is 4.31. The molecule has 0 saturated carbocycles. The zero-order valence-electron chi connectivity index (χ0n) is 8.20. The van der Waals surface area contributed by atoms with Crippen LogP contribution in [0.15, 0.2) is 22.9 Å². The van der Waals surface area contributed by atoms with E-state index in [0.29, 0.717) is 26.1 Å². The van der Waals surface area contributed by atoms with Crippen molar-refractivity contribution in [1.29, 1.82) is 0 Å². The van der Waals surface area contributed by atoms with E-state index in [1.807, 2.05) is 0 Å². The van der Waals surface area contributed by atoms with E-state index < -0.39 is 5.97 Å². The number of hydrogen-bond acceptors (Lipinski definition) is 4. The molecule has 0 radical (unpaired) electrons. The van der Waals surface area contributed by atoms with Crippen molar-refractivity contribution in [3.8, 4) is 0 Å². The molecule has 0 amide bonds. The molecule has 1 aromatic heterocycles. The summed E-state index contributed by atoms with van der Waals surface area (Å²) in [6.07, 6.45) is 1.35. The molecule has 0 atom stereocenters. The van der Waals surface area contributed by atoms with Crippen LogP contribution < -0.4 is 0 Å². The highest BCUT2D eigenvalue weighted by molar-refractivity contribution is 9.10. The number of carbonyl (C=O) groups is 1. The number of rotatable bonds is 1.